The van der Waals surface area contributed by atoms with Crippen LogP contribution < -0.4 is 9.47 Å². The van der Waals surface area contributed by atoms with E-state index in [1.54, 1.807) is 0 Å². The van der Waals surface area contributed by atoms with Crippen LogP contribution in [0.25, 0.3) is 0 Å². The van der Waals surface area contributed by atoms with Crippen LogP contribution in [0.15, 0.2) is 24.3 Å². The highest BCUT2D eigenvalue weighted by Crippen LogP contribution is 2.24. The topological polar surface area (TPSA) is 42.2 Å². The summed E-state index contributed by atoms with van der Waals surface area (Å²) in [6.07, 6.45) is -2.73. The summed E-state index contributed by atoms with van der Waals surface area (Å²) in [6, 6.07) is 7.22. The monoisotopic (exact) mass is 259 g/mol. The van der Waals surface area contributed by atoms with Crippen molar-refractivity contribution in [3.05, 3.63) is 24.3 Å². The minimum absolute atomic E-state index is 0.278. The van der Waals surface area contributed by atoms with E-state index in [0.29, 0.717) is 18.8 Å². The first kappa shape index (κ1) is 14.2. The molecule has 98 valence electrons. The fourth-order valence-electron chi connectivity index (χ4n) is 1.23. The second kappa shape index (κ2) is 6.74. The number of alkyl halides is 3. The molecule has 0 bridgehead atoms. The van der Waals surface area contributed by atoms with E-state index in [4.69, 9.17) is 10.00 Å². The van der Waals surface area contributed by atoms with Crippen LogP contribution in [0.5, 0.6) is 11.5 Å². The molecule has 6 heteroatoms. The van der Waals surface area contributed by atoms with Crippen molar-refractivity contribution in [3.8, 4) is 17.6 Å². The molecule has 0 amide bonds. The van der Waals surface area contributed by atoms with Crippen LogP contribution in [0.4, 0.5) is 13.2 Å². The summed E-state index contributed by atoms with van der Waals surface area (Å²) in [7, 11) is 0. The summed E-state index contributed by atoms with van der Waals surface area (Å²) in [5, 5.41) is 8.31. The van der Waals surface area contributed by atoms with Gasteiger partial charge in [0.05, 0.1) is 12.7 Å². The molecule has 0 heterocycles. The molecule has 3 nitrogen and oxygen atoms in total. The molecule has 0 spiro atoms. The lowest BCUT2D eigenvalue weighted by atomic mass is 10.2. The van der Waals surface area contributed by atoms with E-state index in [1.165, 1.54) is 24.3 Å². The number of benzene rings is 1. The third-order valence-corrected chi connectivity index (χ3v) is 2.01. The van der Waals surface area contributed by atoms with Crippen LogP contribution >= 0.6 is 0 Å². The van der Waals surface area contributed by atoms with Crippen molar-refractivity contribution < 1.29 is 22.6 Å². The lowest BCUT2D eigenvalue weighted by molar-refractivity contribution is -0.274. The second-order valence-electron chi connectivity index (χ2n) is 3.48. The number of hydrogen-bond donors (Lipinski definition) is 0. The zero-order valence-electron chi connectivity index (χ0n) is 9.54. The number of hydrogen-bond acceptors (Lipinski definition) is 3. The normalized spacial score (nSPS) is 10.8. The maximum Gasteiger partial charge on any atom is 0.573 e. The van der Waals surface area contributed by atoms with Crippen LogP contribution in [-0.2, 0) is 0 Å². The number of rotatable bonds is 6. The molecule has 0 aromatic heterocycles. The smallest absolute Gasteiger partial charge is 0.494 e. The van der Waals surface area contributed by atoms with E-state index in [2.05, 4.69) is 4.74 Å². The van der Waals surface area contributed by atoms with Crippen LogP contribution in [0.1, 0.15) is 19.3 Å². The standard InChI is InChI=1S/C12H12F3NO2/c13-12(14,15)18-11-6-4-10(5-7-11)17-9-3-1-2-8-16/h4-7H,1-3,9H2. The highest BCUT2D eigenvalue weighted by atomic mass is 19.4. The van der Waals surface area contributed by atoms with Crippen molar-refractivity contribution in [1.82, 2.24) is 0 Å². The van der Waals surface area contributed by atoms with Crippen molar-refractivity contribution in [2.24, 2.45) is 0 Å². The molecule has 18 heavy (non-hydrogen) atoms. The SMILES string of the molecule is N#CCCCCOc1ccc(OC(F)(F)F)cc1. The first-order valence-corrected chi connectivity index (χ1v) is 5.37. The fraction of sp³-hybridized carbons (Fsp3) is 0.417. The lowest BCUT2D eigenvalue weighted by Gasteiger charge is -2.09. The molecule has 0 aliphatic heterocycles. The van der Waals surface area contributed by atoms with Gasteiger partial charge < -0.3 is 9.47 Å². The van der Waals surface area contributed by atoms with Gasteiger partial charge in [-0.05, 0) is 37.1 Å². The third-order valence-electron chi connectivity index (χ3n) is 2.01. The largest absolute Gasteiger partial charge is 0.573 e. The second-order valence-corrected chi connectivity index (χ2v) is 3.48. The van der Waals surface area contributed by atoms with E-state index < -0.39 is 6.36 Å². The predicted octanol–water partition coefficient (Wildman–Crippen LogP) is 3.66. The molecule has 1 aromatic carbocycles. The summed E-state index contributed by atoms with van der Waals surface area (Å²) in [6.45, 7) is 0.432. The Hall–Kier alpha value is -1.90. The number of unbranched alkanes of at least 4 members (excludes halogenated alkanes) is 2. The Kier molecular flexibility index (Phi) is 5.31. The molecule has 1 aromatic rings. The van der Waals surface area contributed by atoms with Crippen molar-refractivity contribution in [3.63, 3.8) is 0 Å². The minimum Gasteiger partial charge on any atom is -0.494 e. The Bertz CT molecular complexity index is 395. The van der Waals surface area contributed by atoms with Gasteiger partial charge in [-0.2, -0.15) is 5.26 Å². The fourth-order valence-corrected chi connectivity index (χ4v) is 1.23. The molecule has 0 radical (unpaired) electrons. The highest BCUT2D eigenvalue weighted by molar-refractivity contribution is 5.31. The van der Waals surface area contributed by atoms with Gasteiger partial charge in [-0.3, -0.25) is 0 Å². The van der Waals surface area contributed by atoms with Crippen molar-refractivity contribution in [2.75, 3.05) is 6.61 Å². The molecule has 0 fully saturated rings. The van der Waals surface area contributed by atoms with E-state index in [0.717, 1.165) is 12.8 Å². The van der Waals surface area contributed by atoms with Crippen LogP contribution in [0.2, 0.25) is 0 Å². The van der Waals surface area contributed by atoms with Gasteiger partial charge in [-0.15, -0.1) is 13.2 Å². The summed E-state index contributed by atoms with van der Waals surface area (Å²) >= 11 is 0. The lowest BCUT2D eigenvalue weighted by Crippen LogP contribution is -2.16. The van der Waals surface area contributed by atoms with Gasteiger partial charge in [0.25, 0.3) is 0 Å². The summed E-state index contributed by atoms with van der Waals surface area (Å²) < 4.78 is 44.7. The predicted molar refractivity (Wildman–Crippen MR) is 58.1 cm³/mol. The molecular weight excluding hydrogens is 247 g/mol. The van der Waals surface area contributed by atoms with Crippen molar-refractivity contribution in [2.45, 2.75) is 25.6 Å². The molecule has 0 aliphatic carbocycles. The molecule has 0 saturated carbocycles. The maximum atomic E-state index is 11.9. The summed E-state index contributed by atoms with van der Waals surface area (Å²) in [4.78, 5) is 0. The quantitative estimate of drug-likeness (QED) is 0.732. The molecule has 0 saturated heterocycles. The Morgan fingerprint density at radius 2 is 1.67 bits per heavy atom. The zero-order valence-corrected chi connectivity index (χ0v) is 9.54. The third kappa shape index (κ3) is 5.99. The first-order valence-electron chi connectivity index (χ1n) is 5.37. The van der Waals surface area contributed by atoms with Gasteiger partial charge in [0.15, 0.2) is 0 Å². The van der Waals surface area contributed by atoms with Crippen molar-refractivity contribution >= 4 is 0 Å². The molecule has 0 N–H and O–H groups in total. The first-order chi connectivity index (χ1) is 8.51. The van der Waals surface area contributed by atoms with E-state index >= 15 is 0 Å². The number of nitrogens with zero attached hydrogens (tertiary/aromatic N) is 1. The summed E-state index contributed by atoms with van der Waals surface area (Å²) in [5.74, 6) is 0.195. The highest BCUT2D eigenvalue weighted by Gasteiger charge is 2.30. The van der Waals surface area contributed by atoms with Crippen LogP contribution in [0, 0.1) is 11.3 Å². The molecular formula is C12H12F3NO2. The Morgan fingerprint density at radius 1 is 1.06 bits per heavy atom. The van der Waals surface area contributed by atoms with Gasteiger partial charge in [0, 0.05) is 6.42 Å². The Labute approximate surface area is 103 Å². The van der Waals surface area contributed by atoms with Gasteiger partial charge in [-0.25, -0.2) is 0 Å². The Balaban J connectivity index is 2.34. The number of nitriles is 1. The summed E-state index contributed by atoms with van der Waals surface area (Å²) in [5.41, 5.74) is 0. The van der Waals surface area contributed by atoms with Crippen LogP contribution in [-0.4, -0.2) is 13.0 Å². The number of halogens is 3. The van der Waals surface area contributed by atoms with E-state index in [1.807, 2.05) is 6.07 Å². The van der Waals surface area contributed by atoms with Crippen LogP contribution in [0.3, 0.4) is 0 Å². The van der Waals surface area contributed by atoms with Crippen molar-refractivity contribution in [1.29, 1.82) is 5.26 Å². The van der Waals surface area contributed by atoms with Gasteiger partial charge in [-0.1, -0.05) is 0 Å². The average molecular weight is 259 g/mol. The van der Waals surface area contributed by atoms with E-state index in [9.17, 15) is 13.2 Å². The van der Waals surface area contributed by atoms with Gasteiger partial charge in [0.1, 0.15) is 11.5 Å². The van der Waals surface area contributed by atoms with Gasteiger partial charge in [0.2, 0.25) is 0 Å². The molecule has 0 aliphatic rings. The Morgan fingerprint density at radius 3 is 2.22 bits per heavy atom. The zero-order chi connectivity index (χ0) is 13.4. The van der Waals surface area contributed by atoms with E-state index in [-0.39, 0.29) is 5.75 Å². The van der Waals surface area contributed by atoms with Gasteiger partial charge >= 0.3 is 6.36 Å². The average Bonchev–Trinajstić information content (AvgIpc) is 2.29. The number of ether oxygens (including phenoxy) is 2. The molecule has 0 unspecified atom stereocenters. The maximum absolute atomic E-state index is 11.9. The minimum atomic E-state index is -4.68. The molecule has 1 rings (SSSR count). The molecule has 0 atom stereocenters.